The molecule has 0 bridgehead atoms. The van der Waals surface area contributed by atoms with E-state index >= 15 is 0 Å². The van der Waals surface area contributed by atoms with Crippen molar-refractivity contribution in [3.63, 3.8) is 0 Å². The molecular formula is C65H75F3N16O6S. The summed E-state index contributed by atoms with van der Waals surface area (Å²) in [6.45, 7) is 9.43. The van der Waals surface area contributed by atoms with Gasteiger partial charge in [0.15, 0.2) is 0 Å². The number of thiazole rings is 1. The van der Waals surface area contributed by atoms with Crippen molar-refractivity contribution in [3.8, 4) is 5.75 Å². The third kappa shape index (κ3) is 15.3. The van der Waals surface area contributed by atoms with Crippen LogP contribution in [0.25, 0.3) is 0 Å². The zero-order valence-corrected chi connectivity index (χ0v) is 52.2. The van der Waals surface area contributed by atoms with E-state index in [-0.39, 0.29) is 53.6 Å². The number of urea groups is 1. The Morgan fingerprint density at radius 2 is 1.63 bits per heavy atom. The Bertz CT molecular complexity index is 3740. The number of ether oxygens (including phenoxy) is 1. The van der Waals surface area contributed by atoms with E-state index < -0.39 is 29.7 Å². The van der Waals surface area contributed by atoms with Crippen molar-refractivity contribution in [2.75, 3.05) is 78.8 Å². The molecule has 0 radical (unpaired) electrons. The summed E-state index contributed by atoms with van der Waals surface area (Å²) in [5, 5.41) is 23.3. The summed E-state index contributed by atoms with van der Waals surface area (Å²) in [6, 6.07) is 18.6. The number of anilines is 6. The number of likely N-dealkylation sites (tertiary alicyclic amines) is 1. The Morgan fingerprint density at radius 3 is 2.41 bits per heavy atom. The topological polar surface area (TPSA) is 241 Å². The molecule has 478 valence electrons. The third-order valence-corrected chi connectivity index (χ3v) is 18.3. The molecule has 4 aliphatic rings. The molecule has 0 spiro atoms. The van der Waals surface area contributed by atoms with Crippen molar-refractivity contribution in [2.24, 2.45) is 5.92 Å². The van der Waals surface area contributed by atoms with Gasteiger partial charge in [-0.3, -0.25) is 38.6 Å². The van der Waals surface area contributed by atoms with Crippen LogP contribution < -0.4 is 40.7 Å². The van der Waals surface area contributed by atoms with Crippen molar-refractivity contribution < 1.29 is 41.9 Å². The third-order valence-electron chi connectivity index (χ3n) is 17.4. The molecule has 3 unspecified atom stereocenters. The monoisotopic (exact) mass is 1260 g/mol. The van der Waals surface area contributed by atoms with E-state index in [2.05, 4.69) is 51.3 Å². The predicted octanol–water partition coefficient (Wildman–Crippen LogP) is 9.96. The molecule has 4 aromatic heterocycles. The van der Waals surface area contributed by atoms with Crippen LogP contribution in [0.4, 0.5) is 52.6 Å². The van der Waals surface area contributed by atoms with Crippen LogP contribution >= 0.6 is 11.3 Å². The first kappa shape index (κ1) is 63.7. The molecule has 3 aliphatic heterocycles. The van der Waals surface area contributed by atoms with Crippen LogP contribution in [0, 0.1) is 12.8 Å². The number of fused-ring (bicyclic) bond motifs is 1. The number of piperazine rings is 1. The van der Waals surface area contributed by atoms with Gasteiger partial charge in [-0.05, 0) is 132 Å². The van der Waals surface area contributed by atoms with E-state index in [9.17, 15) is 37.1 Å². The van der Waals surface area contributed by atoms with Crippen molar-refractivity contribution in [1.29, 1.82) is 0 Å². The van der Waals surface area contributed by atoms with Gasteiger partial charge in [-0.2, -0.15) is 18.2 Å². The number of amides is 5. The summed E-state index contributed by atoms with van der Waals surface area (Å²) in [6.07, 6.45) is 10.0. The lowest BCUT2D eigenvalue weighted by Crippen LogP contribution is -2.55. The first-order valence-electron chi connectivity index (χ1n) is 31.1. The number of halogens is 3. The molecule has 4 N–H and O–H groups in total. The average Bonchev–Trinajstić information content (AvgIpc) is 1.83. The molecular weight excluding hydrogens is 1190 g/mol. The number of nitrogens with one attached hydrogen (secondary N) is 4. The molecule has 11 rings (SSSR count). The Balaban J connectivity index is 0.591. The quantitative estimate of drug-likeness (QED) is 0.0344. The molecule has 22 nitrogen and oxygen atoms in total. The number of hydrogen-bond donors (Lipinski definition) is 4. The molecule has 1 aliphatic carbocycles. The molecule has 2 saturated heterocycles. The summed E-state index contributed by atoms with van der Waals surface area (Å²) in [5.74, 6) is 1.07. The Labute approximate surface area is 530 Å². The number of rotatable bonds is 23. The number of likely N-dealkylation sites (N-methyl/N-ethyl adjacent to an activating group) is 1. The molecule has 7 heterocycles. The fraction of sp³-hybridized carbons (Fsp3) is 0.431. The predicted molar refractivity (Wildman–Crippen MR) is 340 cm³/mol. The lowest BCUT2D eigenvalue weighted by atomic mass is 9.83. The maximum Gasteiger partial charge on any atom is 0.416 e. The first-order chi connectivity index (χ1) is 44.0. The van der Waals surface area contributed by atoms with E-state index in [0.717, 1.165) is 131 Å². The minimum absolute atomic E-state index is 0.0606. The van der Waals surface area contributed by atoms with Gasteiger partial charge in [0.25, 0.3) is 5.91 Å². The van der Waals surface area contributed by atoms with Crippen molar-refractivity contribution >= 4 is 75.5 Å². The van der Waals surface area contributed by atoms with Crippen molar-refractivity contribution in [1.82, 2.24) is 55.4 Å². The normalized spacial score (nSPS) is 17.2. The zero-order valence-electron chi connectivity index (χ0n) is 51.4. The Hall–Kier alpha value is -8.88. The van der Waals surface area contributed by atoms with Crippen LogP contribution in [-0.2, 0) is 35.4 Å². The van der Waals surface area contributed by atoms with Gasteiger partial charge in [0, 0.05) is 93.0 Å². The van der Waals surface area contributed by atoms with Crippen molar-refractivity contribution in [2.45, 2.75) is 122 Å². The van der Waals surface area contributed by atoms with Gasteiger partial charge in [-0.1, -0.05) is 48.7 Å². The SMILES string of the molecule is CNC(C)C(=O)NC(C(=O)N1CCCC1c1nc(C(=O)c2cccc(OCCCCCn3cc(CN4CCN(c5ccc(Nc6ncc7c(n6)N(C)C(=O)N(c6cc(NC(=O)c8cccc(C(F)(F)F)c8)ccc6C)C7)cn5)CC4)nn3)c2)cs1)C1CCCCC1. The van der Waals surface area contributed by atoms with Gasteiger partial charge in [0.2, 0.25) is 23.5 Å². The molecule has 5 amide bonds. The van der Waals surface area contributed by atoms with Gasteiger partial charge in [-0.25, -0.2) is 19.7 Å². The standard InChI is InChI=1S/C65H75F3N16O6S/c1-41-21-22-48(72-60(87)45-17-11-18-47(32-45)65(66,67)68)34-54(41)84-37-46-35-71-63(76-58(46)79(4)64(84)89)73-49-23-24-55(70-36-49)81-29-27-80(28-30-81)38-50-39-82(78-77-50)25-9-6-10-31-90-51-19-12-16-44(33-51)57(85)52-40-91-61(74-52)53-20-13-26-83(53)62(88)56(43-14-7-5-8-15-43)75-59(86)42(2)69-3/h11-12,16-19,21-24,32-36,39-40,42-43,53,56,69H,5-10,13-15,20,25-31,37-38H2,1-4H3,(H,72,87)(H,75,86)(H,71,73,76). The van der Waals surface area contributed by atoms with Crippen LogP contribution in [0.1, 0.15) is 131 Å². The number of benzene rings is 3. The van der Waals surface area contributed by atoms with Crippen molar-refractivity contribution in [3.05, 3.63) is 147 Å². The Morgan fingerprint density at radius 1 is 0.835 bits per heavy atom. The smallest absolute Gasteiger partial charge is 0.416 e. The van der Waals surface area contributed by atoms with E-state index in [1.165, 1.54) is 33.3 Å². The Kier molecular flexibility index (Phi) is 20.0. The second kappa shape index (κ2) is 28.5. The van der Waals surface area contributed by atoms with Gasteiger partial charge in [-0.15, -0.1) is 16.4 Å². The number of pyridine rings is 1. The number of aromatic nitrogens is 7. The summed E-state index contributed by atoms with van der Waals surface area (Å²) in [5.41, 5.74) is 3.53. The van der Waals surface area contributed by atoms with Crippen LogP contribution in [0.3, 0.4) is 0 Å². The first-order valence-corrected chi connectivity index (χ1v) is 31.9. The number of aryl methyl sites for hydroxylation is 2. The molecule has 3 atom stereocenters. The maximum atomic E-state index is 14.3. The number of hydrogen-bond acceptors (Lipinski definition) is 17. The number of alkyl halides is 3. The van der Waals surface area contributed by atoms with E-state index in [1.807, 2.05) is 47.0 Å². The molecule has 1 saturated carbocycles. The number of nitrogens with zero attached hydrogens (tertiary/aromatic N) is 12. The van der Waals surface area contributed by atoms with Gasteiger partial charge < -0.3 is 35.8 Å². The van der Waals surface area contributed by atoms with E-state index in [1.54, 1.807) is 69.1 Å². The highest BCUT2D eigenvalue weighted by molar-refractivity contribution is 7.10. The fourth-order valence-corrected chi connectivity index (χ4v) is 13.1. The molecule has 3 fully saturated rings. The minimum atomic E-state index is -4.60. The summed E-state index contributed by atoms with van der Waals surface area (Å²) >= 11 is 1.40. The van der Waals surface area contributed by atoms with Gasteiger partial charge in [0.05, 0.1) is 54.1 Å². The van der Waals surface area contributed by atoms with Crippen LogP contribution in [0.5, 0.6) is 5.75 Å². The molecule has 91 heavy (non-hydrogen) atoms. The second-order valence-electron chi connectivity index (χ2n) is 23.7. The summed E-state index contributed by atoms with van der Waals surface area (Å²) in [4.78, 5) is 96.1. The maximum absolute atomic E-state index is 14.3. The average molecular weight is 1270 g/mol. The number of unbranched alkanes of at least 4 members (excludes halogenated alkanes) is 2. The zero-order chi connectivity index (χ0) is 63.8. The number of ketones is 1. The van der Waals surface area contributed by atoms with Gasteiger partial charge >= 0.3 is 12.2 Å². The van der Waals surface area contributed by atoms with E-state index in [0.29, 0.717) is 65.1 Å². The highest BCUT2D eigenvalue weighted by Gasteiger charge is 2.41. The molecule has 3 aromatic carbocycles. The molecule has 26 heteroatoms. The summed E-state index contributed by atoms with van der Waals surface area (Å²) in [7, 11) is 3.34. The van der Waals surface area contributed by atoms with Crippen LogP contribution in [0.15, 0.2) is 103 Å². The largest absolute Gasteiger partial charge is 0.494 e. The highest BCUT2D eigenvalue weighted by Crippen LogP contribution is 2.38. The van der Waals surface area contributed by atoms with Gasteiger partial charge in [0.1, 0.15) is 34.1 Å². The number of carbonyl (C=O) groups excluding carboxylic acids is 5. The highest BCUT2D eigenvalue weighted by atomic mass is 32.1. The molecule has 7 aromatic rings. The van der Waals surface area contributed by atoms with Crippen LogP contribution in [-0.4, -0.2) is 140 Å². The minimum Gasteiger partial charge on any atom is -0.494 e. The summed E-state index contributed by atoms with van der Waals surface area (Å²) < 4.78 is 48.0. The van der Waals surface area contributed by atoms with E-state index in [4.69, 9.17) is 14.7 Å². The van der Waals surface area contributed by atoms with Crippen LogP contribution in [0.2, 0.25) is 0 Å². The lowest BCUT2D eigenvalue weighted by molar-refractivity contribution is -0.139. The second-order valence-corrected chi connectivity index (χ2v) is 24.6. The fourth-order valence-electron chi connectivity index (χ4n) is 12.1. The lowest BCUT2D eigenvalue weighted by Gasteiger charge is -2.35. The number of carbonyl (C=O) groups is 5.